The van der Waals surface area contributed by atoms with E-state index in [9.17, 15) is 14.0 Å². The van der Waals surface area contributed by atoms with Crippen LogP contribution >= 0.6 is 0 Å². The Morgan fingerprint density at radius 3 is 2.80 bits per heavy atom. The first-order valence-corrected chi connectivity index (χ1v) is 6.89. The zero-order chi connectivity index (χ0) is 14.4. The van der Waals surface area contributed by atoms with Crippen molar-refractivity contribution in [3.63, 3.8) is 0 Å². The molecular formula is C15H19FN2O2. The van der Waals surface area contributed by atoms with E-state index in [0.717, 1.165) is 37.7 Å². The monoisotopic (exact) mass is 278 g/mol. The van der Waals surface area contributed by atoms with Crippen molar-refractivity contribution in [3.05, 3.63) is 35.6 Å². The van der Waals surface area contributed by atoms with Gasteiger partial charge in [0.05, 0.1) is 12.6 Å². The highest BCUT2D eigenvalue weighted by Gasteiger charge is 2.23. The van der Waals surface area contributed by atoms with Crippen LogP contribution in [-0.2, 0) is 16.1 Å². The number of nitrogens with zero attached hydrogens (tertiary/aromatic N) is 1. The predicted octanol–water partition coefficient (Wildman–Crippen LogP) is 1.50. The van der Waals surface area contributed by atoms with Gasteiger partial charge in [-0.05, 0) is 37.1 Å². The second-order valence-electron chi connectivity index (χ2n) is 5.07. The van der Waals surface area contributed by atoms with Crippen LogP contribution < -0.4 is 5.32 Å². The van der Waals surface area contributed by atoms with Crippen LogP contribution in [0.1, 0.15) is 24.8 Å². The lowest BCUT2D eigenvalue weighted by molar-refractivity contribution is -0.124. The molecule has 1 aliphatic heterocycles. The fourth-order valence-corrected chi connectivity index (χ4v) is 2.41. The highest BCUT2D eigenvalue weighted by molar-refractivity contribution is 5.78. The fraction of sp³-hybridized carbons (Fsp3) is 0.467. The summed E-state index contributed by atoms with van der Waals surface area (Å²) in [6, 6.07) is 5.89. The van der Waals surface area contributed by atoms with Crippen LogP contribution in [0, 0.1) is 5.82 Å². The number of benzene rings is 1. The van der Waals surface area contributed by atoms with E-state index in [0.29, 0.717) is 6.54 Å². The molecule has 0 spiro atoms. The lowest BCUT2D eigenvalue weighted by Crippen LogP contribution is -2.46. The van der Waals surface area contributed by atoms with Gasteiger partial charge in [-0.1, -0.05) is 18.6 Å². The number of nitrogens with one attached hydrogen (secondary N) is 1. The molecule has 20 heavy (non-hydrogen) atoms. The molecular weight excluding hydrogens is 259 g/mol. The maximum Gasteiger partial charge on any atom is 0.234 e. The summed E-state index contributed by atoms with van der Waals surface area (Å²) in [4.78, 5) is 24.7. The lowest BCUT2D eigenvalue weighted by Gasteiger charge is -2.31. The van der Waals surface area contributed by atoms with Gasteiger partial charge in [0.1, 0.15) is 12.1 Å². The number of halogens is 1. The summed E-state index contributed by atoms with van der Waals surface area (Å²) in [5.74, 6) is -0.398. The molecule has 0 saturated carbocycles. The molecule has 0 aromatic heterocycles. The topological polar surface area (TPSA) is 49.4 Å². The van der Waals surface area contributed by atoms with E-state index in [2.05, 4.69) is 5.32 Å². The zero-order valence-electron chi connectivity index (χ0n) is 11.3. The molecule has 1 saturated heterocycles. The molecule has 0 aliphatic carbocycles. The first-order valence-electron chi connectivity index (χ1n) is 6.89. The predicted molar refractivity (Wildman–Crippen MR) is 73.5 cm³/mol. The minimum absolute atomic E-state index is 0.108. The number of aldehydes is 1. The number of carbonyl (C=O) groups is 2. The molecule has 1 fully saturated rings. The van der Waals surface area contributed by atoms with E-state index in [1.807, 2.05) is 4.90 Å². The third-order valence-corrected chi connectivity index (χ3v) is 3.57. The quantitative estimate of drug-likeness (QED) is 0.830. The Morgan fingerprint density at radius 1 is 1.35 bits per heavy atom. The number of carbonyl (C=O) groups excluding carboxylic acids is 2. The van der Waals surface area contributed by atoms with E-state index in [1.54, 1.807) is 12.1 Å². The molecule has 1 heterocycles. The van der Waals surface area contributed by atoms with Crippen molar-refractivity contribution in [1.82, 2.24) is 10.2 Å². The molecule has 1 aliphatic rings. The van der Waals surface area contributed by atoms with Crippen LogP contribution in [0.25, 0.3) is 0 Å². The van der Waals surface area contributed by atoms with E-state index in [1.165, 1.54) is 12.1 Å². The maximum atomic E-state index is 12.7. The summed E-state index contributed by atoms with van der Waals surface area (Å²) >= 11 is 0. The van der Waals surface area contributed by atoms with Crippen LogP contribution in [0.15, 0.2) is 24.3 Å². The molecule has 0 bridgehead atoms. The van der Waals surface area contributed by atoms with E-state index < -0.39 is 0 Å². The van der Waals surface area contributed by atoms with Crippen molar-refractivity contribution in [3.8, 4) is 0 Å². The third kappa shape index (κ3) is 4.13. The second-order valence-corrected chi connectivity index (χ2v) is 5.07. The van der Waals surface area contributed by atoms with Crippen molar-refractivity contribution < 1.29 is 14.0 Å². The molecule has 1 N–H and O–H groups in total. The van der Waals surface area contributed by atoms with Gasteiger partial charge in [-0.2, -0.15) is 0 Å². The van der Waals surface area contributed by atoms with Crippen LogP contribution in [0.4, 0.5) is 4.39 Å². The van der Waals surface area contributed by atoms with Gasteiger partial charge >= 0.3 is 0 Å². The average Bonchev–Trinajstić information content (AvgIpc) is 2.47. The first-order chi connectivity index (χ1) is 9.69. The van der Waals surface area contributed by atoms with Gasteiger partial charge in [0.2, 0.25) is 5.91 Å². The molecule has 4 nitrogen and oxygen atoms in total. The Kier molecular flexibility index (Phi) is 5.24. The Labute approximate surface area is 118 Å². The molecule has 1 unspecified atom stereocenters. The zero-order valence-corrected chi connectivity index (χ0v) is 11.3. The number of piperidine rings is 1. The molecule has 1 atom stereocenters. The number of amides is 1. The normalized spacial score (nSPS) is 19.6. The fourth-order valence-electron chi connectivity index (χ4n) is 2.41. The van der Waals surface area contributed by atoms with Crippen molar-refractivity contribution in [2.75, 3.05) is 13.1 Å². The SMILES string of the molecule is O=CC1CCCCN1CC(=O)NCc1ccc(F)cc1. The minimum Gasteiger partial charge on any atom is -0.351 e. The molecule has 1 aromatic rings. The molecule has 1 amide bonds. The number of hydrogen-bond donors (Lipinski definition) is 1. The lowest BCUT2D eigenvalue weighted by atomic mass is 10.0. The number of likely N-dealkylation sites (tertiary alicyclic amines) is 1. The van der Waals surface area contributed by atoms with Crippen molar-refractivity contribution >= 4 is 12.2 Å². The van der Waals surface area contributed by atoms with Gasteiger partial charge in [-0.3, -0.25) is 9.69 Å². The largest absolute Gasteiger partial charge is 0.351 e. The summed E-state index contributed by atoms with van der Waals surface area (Å²) in [6.07, 6.45) is 3.81. The Balaban J connectivity index is 1.79. The van der Waals surface area contributed by atoms with Crippen molar-refractivity contribution in [2.45, 2.75) is 31.8 Å². The van der Waals surface area contributed by atoms with E-state index >= 15 is 0 Å². The van der Waals surface area contributed by atoms with Crippen LogP contribution in [0.2, 0.25) is 0 Å². The molecule has 108 valence electrons. The van der Waals surface area contributed by atoms with Crippen molar-refractivity contribution in [1.29, 1.82) is 0 Å². The summed E-state index contributed by atoms with van der Waals surface area (Å²) in [6.45, 7) is 1.40. The van der Waals surface area contributed by atoms with Crippen LogP contribution in [0.5, 0.6) is 0 Å². The van der Waals surface area contributed by atoms with Crippen molar-refractivity contribution in [2.24, 2.45) is 0 Å². The minimum atomic E-state index is -0.290. The second kappa shape index (κ2) is 7.14. The summed E-state index contributed by atoms with van der Waals surface area (Å²) < 4.78 is 12.7. The van der Waals surface area contributed by atoms with Gasteiger partial charge in [0.15, 0.2) is 0 Å². The Bertz CT molecular complexity index is 461. The summed E-state index contributed by atoms with van der Waals surface area (Å²) in [5, 5.41) is 2.79. The first kappa shape index (κ1) is 14.7. The van der Waals surface area contributed by atoms with Gasteiger partial charge in [0, 0.05) is 6.54 Å². The van der Waals surface area contributed by atoms with Gasteiger partial charge < -0.3 is 10.1 Å². The van der Waals surface area contributed by atoms with Crippen LogP contribution in [0.3, 0.4) is 0 Å². The molecule has 0 radical (unpaired) electrons. The third-order valence-electron chi connectivity index (χ3n) is 3.57. The molecule has 2 rings (SSSR count). The molecule has 5 heteroatoms. The van der Waals surface area contributed by atoms with E-state index in [-0.39, 0.29) is 24.3 Å². The van der Waals surface area contributed by atoms with Gasteiger partial charge in [-0.15, -0.1) is 0 Å². The highest BCUT2D eigenvalue weighted by atomic mass is 19.1. The summed E-state index contributed by atoms with van der Waals surface area (Å²) in [5.41, 5.74) is 0.852. The highest BCUT2D eigenvalue weighted by Crippen LogP contribution is 2.14. The smallest absolute Gasteiger partial charge is 0.234 e. The Morgan fingerprint density at radius 2 is 2.10 bits per heavy atom. The van der Waals surface area contributed by atoms with E-state index in [4.69, 9.17) is 0 Å². The van der Waals surface area contributed by atoms with Gasteiger partial charge in [0.25, 0.3) is 0 Å². The maximum absolute atomic E-state index is 12.7. The molecule has 1 aromatic carbocycles. The number of hydrogen-bond acceptors (Lipinski definition) is 3. The summed E-state index contributed by atoms with van der Waals surface area (Å²) in [7, 11) is 0. The Hall–Kier alpha value is -1.75. The van der Waals surface area contributed by atoms with Crippen LogP contribution in [-0.4, -0.2) is 36.2 Å². The number of rotatable bonds is 5. The standard InChI is InChI=1S/C15H19FN2O2/c16-13-6-4-12(5-7-13)9-17-15(20)10-18-8-2-1-3-14(18)11-19/h4-7,11,14H,1-3,8-10H2,(H,17,20). The average molecular weight is 278 g/mol. The van der Waals surface area contributed by atoms with Gasteiger partial charge in [-0.25, -0.2) is 4.39 Å².